The van der Waals surface area contributed by atoms with E-state index in [1.54, 1.807) is 19.2 Å². The third kappa shape index (κ3) is 2.53. The fourth-order valence-electron chi connectivity index (χ4n) is 1.62. The Morgan fingerprint density at radius 1 is 1.50 bits per heavy atom. The monoisotopic (exact) mass is 309 g/mol. The molecule has 0 saturated carbocycles. The van der Waals surface area contributed by atoms with Crippen molar-refractivity contribution in [3.05, 3.63) is 51.1 Å². The SMILES string of the molecule is COc1ccc(Cn2cncc(Br)c2=O)cc1N. The fraction of sp³-hybridized carbons (Fsp3) is 0.167. The van der Waals surface area contributed by atoms with Crippen LogP contribution in [-0.4, -0.2) is 16.7 Å². The Labute approximate surface area is 112 Å². The van der Waals surface area contributed by atoms with Gasteiger partial charge in [-0.05, 0) is 33.6 Å². The van der Waals surface area contributed by atoms with Gasteiger partial charge in [-0.15, -0.1) is 0 Å². The Bertz CT molecular complexity index is 625. The summed E-state index contributed by atoms with van der Waals surface area (Å²) in [7, 11) is 1.56. The van der Waals surface area contributed by atoms with Crippen LogP contribution in [0.2, 0.25) is 0 Å². The molecule has 0 bridgehead atoms. The van der Waals surface area contributed by atoms with Crippen molar-refractivity contribution < 1.29 is 4.74 Å². The molecule has 0 radical (unpaired) electrons. The second kappa shape index (κ2) is 5.22. The number of hydrogen-bond donors (Lipinski definition) is 1. The Morgan fingerprint density at radius 3 is 2.94 bits per heavy atom. The van der Waals surface area contributed by atoms with Gasteiger partial charge in [-0.25, -0.2) is 4.98 Å². The number of halogens is 1. The minimum Gasteiger partial charge on any atom is -0.495 e. The molecule has 0 spiro atoms. The molecule has 5 nitrogen and oxygen atoms in total. The summed E-state index contributed by atoms with van der Waals surface area (Å²) in [6.07, 6.45) is 2.97. The van der Waals surface area contributed by atoms with Crippen LogP contribution < -0.4 is 16.0 Å². The summed E-state index contributed by atoms with van der Waals surface area (Å²) in [6.45, 7) is 0.416. The molecule has 1 heterocycles. The highest BCUT2D eigenvalue weighted by atomic mass is 79.9. The van der Waals surface area contributed by atoms with E-state index < -0.39 is 0 Å². The second-order valence-corrected chi connectivity index (χ2v) is 4.61. The zero-order chi connectivity index (χ0) is 13.1. The van der Waals surface area contributed by atoms with Crippen molar-refractivity contribution in [1.29, 1.82) is 0 Å². The average Bonchev–Trinajstić information content (AvgIpc) is 2.35. The highest BCUT2D eigenvalue weighted by Crippen LogP contribution is 2.22. The molecular formula is C12H12BrN3O2. The number of anilines is 1. The summed E-state index contributed by atoms with van der Waals surface area (Å²) in [6, 6.07) is 5.43. The van der Waals surface area contributed by atoms with Crippen LogP contribution in [0.4, 0.5) is 5.69 Å². The van der Waals surface area contributed by atoms with Crippen LogP contribution in [0.25, 0.3) is 0 Å². The first kappa shape index (κ1) is 12.6. The lowest BCUT2D eigenvalue weighted by atomic mass is 10.2. The van der Waals surface area contributed by atoms with Gasteiger partial charge in [0, 0.05) is 6.20 Å². The quantitative estimate of drug-likeness (QED) is 0.875. The first-order valence-corrected chi connectivity index (χ1v) is 6.03. The lowest BCUT2D eigenvalue weighted by Crippen LogP contribution is -2.21. The molecule has 0 unspecified atom stereocenters. The molecule has 2 N–H and O–H groups in total. The molecule has 0 amide bonds. The van der Waals surface area contributed by atoms with Crippen LogP contribution >= 0.6 is 15.9 Å². The van der Waals surface area contributed by atoms with Crippen LogP contribution in [-0.2, 0) is 6.54 Å². The second-order valence-electron chi connectivity index (χ2n) is 3.75. The number of nitrogens with two attached hydrogens (primary N) is 1. The largest absolute Gasteiger partial charge is 0.495 e. The van der Waals surface area contributed by atoms with Crippen molar-refractivity contribution in [1.82, 2.24) is 9.55 Å². The number of aromatic nitrogens is 2. The number of rotatable bonds is 3. The van der Waals surface area contributed by atoms with Crippen molar-refractivity contribution >= 4 is 21.6 Å². The molecule has 2 aromatic rings. The van der Waals surface area contributed by atoms with Gasteiger partial charge in [0.2, 0.25) is 0 Å². The normalized spacial score (nSPS) is 10.3. The van der Waals surface area contributed by atoms with Gasteiger partial charge in [-0.1, -0.05) is 6.07 Å². The molecule has 0 aliphatic carbocycles. The highest BCUT2D eigenvalue weighted by molar-refractivity contribution is 9.10. The zero-order valence-corrected chi connectivity index (χ0v) is 11.3. The van der Waals surface area contributed by atoms with E-state index in [4.69, 9.17) is 10.5 Å². The van der Waals surface area contributed by atoms with Crippen LogP contribution in [0.5, 0.6) is 5.75 Å². The van der Waals surface area contributed by atoms with Gasteiger partial charge < -0.3 is 10.5 Å². The van der Waals surface area contributed by atoms with Crippen LogP contribution in [0.15, 0.2) is 40.0 Å². The number of nitrogens with zero attached hydrogens (tertiary/aromatic N) is 2. The fourth-order valence-corrected chi connectivity index (χ4v) is 1.96. The molecule has 0 saturated heterocycles. The summed E-state index contributed by atoms with van der Waals surface area (Å²) < 4.78 is 7.02. The Kier molecular flexibility index (Phi) is 3.66. The van der Waals surface area contributed by atoms with E-state index in [1.165, 1.54) is 17.1 Å². The minimum atomic E-state index is -0.126. The van der Waals surface area contributed by atoms with Gasteiger partial charge in [0.05, 0.1) is 25.7 Å². The van der Waals surface area contributed by atoms with Crippen molar-refractivity contribution in [2.75, 3.05) is 12.8 Å². The maximum atomic E-state index is 11.8. The first-order chi connectivity index (χ1) is 8.61. The molecule has 18 heavy (non-hydrogen) atoms. The van der Waals surface area contributed by atoms with Gasteiger partial charge in [-0.3, -0.25) is 9.36 Å². The molecular weight excluding hydrogens is 298 g/mol. The molecule has 2 rings (SSSR count). The number of ether oxygens (including phenoxy) is 1. The van der Waals surface area contributed by atoms with E-state index in [0.29, 0.717) is 22.5 Å². The Morgan fingerprint density at radius 2 is 2.28 bits per heavy atom. The van der Waals surface area contributed by atoms with E-state index in [2.05, 4.69) is 20.9 Å². The molecule has 0 fully saturated rings. The Hall–Kier alpha value is -1.82. The van der Waals surface area contributed by atoms with Crippen molar-refractivity contribution in [3.8, 4) is 5.75 Å². The maximum Gasteiger partial charge on any atom is 0.267 e. The molecule has 0 aliphatic heterocycles. The van der Waals surface area contributed by atoms with Crippen LogP contribution in [0.1, 0.15) is 5.56 Å². The predicted molar refractivity (Wildman–Crippen MR) is 72.7 cm³/mol. The third-order valence-corrected chi connectivity index (χ3v) is 3.05. The molecule has 0 aliphatic rings. The Balaban J connectivity index is 2.32. The lowest BCUT2D eigenvalue weighted by Gasteiger charge is -2.08. The molecule has 6 heteroatoms. The third-order valence-electron chi connectivity index (χ3n) is 2.51. The van der Waals surface area contributed by atoms with Gasteiger partial charge in [-0.2, -0.15) is 0 Å². The molecule has 1 aromatic heterocycles. The standard InChI is InChI=1S/C12H12BrN3O2/c1-18-11-3-2-8(4-10(11)14)6-16-7-15-5-9(13)12(16)17/h2-5,7H,6,14H2,1H3. The molecule has 94 valence electrons. The van der Waals surface area contributed by atoms with E-state index in [0.717, 1.165) is 5.56 Å². The van der Waals surface area contributed by atoms with Gasteiger partial charge in [0.25, 0.3) is 5.56 Å². The molecule has 0 atom stereocenters. The highest BCUT2D eigenvalue weighted by Gasteiger charge is 2.04. The summed E-state index contributed by atoms with van der Waals surface area (Å²) in [5.74, 6) is 0.624. The predicted octanol–water partition coefficient (Wildman–Crippen LogP) is 1.64. The van der Waals surface area contributed by atoms with E-state index in [-0.39, 0.29) is 5.56 Å². The van der Waals surface area contributed by atoms with E-state index in [9.17, 15) is 4.79 Å². The van der Waals surface area contributed by atoms with E-state index >= 15 is 0 Å². The van der Waals surface area contributed by atoms with Crippen LogP contribution in [0.3, 0.4) is 0 Å². The van der Waals surface area contributed by atoms with Crippen molar-refractivity contribution in [2.45, 2.75) is 6.54 Å². The molecule has 1 aromatic carbocycles. The first-order valence-electron chi connectivity index (χ1n) is 5.24. The number of benzene rings is 1. The summed E-state index contributed by atoms with van der Waals surface area (Å²) >= 11 is 3.16. The average molecular weight is 310 g/mol. The van der Waals surface area contributed by atoms with Crippen LogP contribution in [0, 0.1) is 0 Å². The maximum absolute atomic E-state index is 11.8. The number of methoxy groups -OCH3 is 1. The smallest absolute Gasteiger partial charge is 0.267 e. The summed E-state index contributed by atoms with van der Waals surface area (Å²) in [4.78, 5) is 15.8. The number of nitrogen functional groups attached to an aromatic ring is 1. The summed E-state index contributed by atoms with van der Waals surface area (Å²) in [5.41, 5.74) is 7.15. The van der Waals surface area contributed by atoms with Crippen molar-refractivity contribution in [3.63, 3.8) is 0 Å². The number of hydrogen-bond acceptors (Lipinski definition) is 4. The van der Waals surface area contributed by atoms with Gasteiger partial charge in [0.15, 0.2) is 0 Å². The topological polar surface area (TPSA) is 70.1 Å². The van der Waals surface area contributed by atoms with E-state index in [1.807, 2.05) is 6.07 Å². The van der Waals surface area contributed by atoms with Crippen molar-refractivity contribution in [2.24, 2.45) is 0 Å². The summed E-state index contributed by atoms with van der Waals surface area (Å²) in [5, 5.41) is 0. The minimum absolute atomic E-state index is 0.126. The zero-order valence-electron chi connectivity index (χ0n) is 9.76. The van der Waals surface area contributed by atoms with Gasteiger partial charge >= 0.3 is 0 Å². The lowest BCUT2D eigenvalue weighted by molar-refractivity contribution is 0.417. The van der Waals surface area contributed by atoms with Gasteiger partial charge in [0.1, 0.15) is 10.2 Å².